The second-order valence-electron chi connectivity index (χ2n) is 4.10. The van der Waals surface area contributed by atoms with Gasteiger partial charge in [0.15, 0.2) is 0 Å². The summed E-state index contributed by atoms with van der Waals surface area (Å²) in [6.45, 7) is 1.53. The SMILES string of the molecule is O=C=NC1(c2cc3c(s2)CCOC3)CC1. The van der Waals surface area contributed by atoms with Gasteiger partial charge < -0.3 is 4.74 Å². The monoisotopic (exact) mass is 221 g/mol. The molecule has 1 aliphatic heterocycles. The Kier molecular flexibility index (Phi) is 2.02. The number of hydrogen-bond acceptors (Lipinski definition) is 4. The van der Waals surface area contributed by atoms with E-state index in [0.29, 0.717) is 6.61 Å². The van der Waals surface area contributed by atoms with Crippen molar-refractivity contribution < 1.29 is 9.53 Å². The normalized spacial score (nSPS) is 21.6. The quantitative estimate of drug-likeness (QED) is 0.567. The van der Waals surface area contributed by atoms with Gasteiger partial charge in [0.05, 0.1) is 13.2 Å². The molecule has 1 aromatic rings. The minimum absolute atomic E-state index is 0.205. The molecule has 0 aromatic carbocycles. The van der Waals surface area contributed by atoms with E-state index >= 15 is 0 Å². The van der Waals surface area contributed by atoms with E-state index in [0.717, 1.165) is 25.9 Å². The maximum atomic E-state index is 10.4. The molecule has 0 unspecified atom stereocenters. The van der Waals surface area contributed by atoms with E-state index in [2.05, 4.69) is 11.1 Å². The number of nitrogens with zero attached hydrogens (tertiary/aromatic N) is 1. The zero-order chi connectivity index (χ0) is 10.3. The second kappa shape index (κ2) is 3.27. The van der Waals surface area contributed by atoms with Gasteiger partial charge in [-0.25, -0.2) is 4.79 Å². The first kappa shape index (κ1) is 9.28. The molecule has 1 fully saturated rings. The van der Waals surface area contributed by atoms with Crippen molar-refractivity contribution in [3.05, 3.63) is 21.4 Å². The molecular formula is C11H11NO2S. The van der Waals surface area contributed by atoms with E-state index in [1.165, 1.54) is 15.3 Å². The summed E-state index contributed by atoms with van der Waals surface area (Å²) in [4.78, 5) is 16.9. The molecule has 0 N–H and O–H groups in total. The Morgan fingerprint density at radius 3 is 3.07 bits per heavy atom. The number of ether oxygens (including phenoxy) is 1. The molecule has 0 spiro atoms. The van der Waals surface area contributed by atoms with Gasteiger partial charge in [0.2, 0.25) is 6.08 Å². The molecule has 1 aromatic heterocycles. The summed E-state index contributed by atoms with van der Waals surface area (Å²) in [5.74, 6) is 0. The number of hydrogen-bond donors (Lipinski definition) is 0. The highest BCUT2D eigenvalue weighted by molar-refractivity contribution is 7.12. The summed E-state index contributed by atoms with van der Waals surface area (Å²) in [5, 5.41) is 0. The van der Waals surface area contributed by atoms with Crippen LogP contribution in [-0.2, 0) is 28.1 Å². The van der Waals surface area contributed by atoms with E-state index in [-0.39, 0.29) is 5.54 Å². The van der Waals surface area contributed by atoms with Crippen molar-refractivity contribution in [1.82, 2.24) is 0 Å². The van der Waals surface area contributed by atoms with Gasteiger partial charge in [0, 0.05) is 16.2 Å². The average Bonchev–Trinajstić information content (AvgIpc) is 2.91. The van der Waals surface area contributed by atoms with Crippen LogP contribution in [0.4, 0.5) is 0 Å². The minimum Gasteiger partial charge on any atom is -0.376 e. The van der Waals surface area contributed by atoms with Crippen LogP contribution < -0.4 is 0 Å². The van der Waals surface area contributed by atoms with Gasteiger partial charge in [-0.1, -0.05) is 0 Å². The molecule has 0 amide bonds. The highest BCUT2D eigenvalue weighted by Gasteiger charge is 2.46. The van der Waals surface area contributed by atoms with Crippen molar-refractivity contribution in [3.8, 4) is 0 Å². The fourth-order valence-electron chi connectivity index (χ4n) is 2.00. The summed E-state index contributed by atoms with van der Waals surface area (Å²) in [6, 6.07) is 2.16. The Hall–Kier alpha value is -0.960. The van der Waals surface area contributed by atoms with Crippen molar-refractivity contribution in [1.29, 1.82) is 0 Å². The van der Waals surface area contributed by atoms with E-state index < -0.39 is 0 Å². The standard InChI is InChI=1S/C11H11NO2S/c13-7-12-11(2-3-11)10-5-8-6-14-4-1-9(8)15-10/h5H,1-4,6H2. The predicted molar refractivity (Wildman–Crippen MR) is 56.7 cm³/mol. The summed E-state index contributed by atoms with van der Waals surface area (Å²) in [7, 11) is 0. The third kappa shape index (κ3) is 1.46. The molecule has 2 heterocycles. The van der Waals surface area contributed by atoms with Crippen molar-refractivity contribution in [3.63, 3.8) is 0 Å². The van der Waals surface area contributed by atoms with E-state index in [1.54, 1.807) is 17.4 Å². The van der Waals surface area contributed by atoms with E-state index in [4.69, 9.17) is 4.74 Å². The highest BCUT2D eigenvalue weighted by atomic mass is 32.1. The molecule has 1 saturated carbocycles. The summed E-state index contributed by atoms with van der Waals surface area (Å²) < 4.78 is 5.40. The second-order valence-corrected chi connectivity index (χ2v) is 5.23. The zero-order valence-corrected chi connectivity index (χ0v) is 9.10. The van der Waals surface area contributed by atoms with Crippen molar-refractivity contribution in [2.24, 2.45) is 4.99 Å². The average molecular weight is 221 g/mol. The summed E-state index contributed by atoms with van der Waals surface area (Å²) in [5.41, 5.74) is 1.08. The van der Waals surface area contributed by atoms with Gasteiger partial charge in [0.25, 0.3) is 0 Å². The first-order valence-corrected chi connectivity index (χ1v) is 5.94. The van der Waals surface area contributed by atoms with Gasteiger partial charge in [-0.15, -0.1) is 11.3 Å². The van der Waals surface area contributed by atoms with Crippen LogP contribution in [-0.4, -0.2) is 12.7 Å². The largest absolute Gasteiger partial charge is 0.376 e. The highest BCUT2D eigenvalue weighted by Crippen LogP contribution is 2.52. The lowest BCUT2D eigenvalue weighted by Crippen LogP contribution is -2.05. The summed E-state index contributed by atoms with van der Waals surface area (Å²) in [6.07, 6.45) is 4.68. The van der Waals surface area contributed by atoms with E-state index in [1.807, 2.05) is 0 Å². The van der Waals surface area contributed by atoms with Crippen LogP contribution in [0.1, 0.15) is 28.2 Å². The Bertz CT molecular complexity index is 418. The lowest BCUT2D eigenvalue weighted by molar-refractivity contribution is 0.112. The van der Waals surface area contributed by atoms with Crippen LogP contribution >= 0.6 is 11.3 Å². The molecule has 1 aliphatic carbocycles. The maximum Gasteiger partial charge on any atom is 0.235 e. The number of thiophene rings is 1. The van der Waals surface area contributed by atoms with Crippen molar-refractivity contribution in [2.45, 2.75) is 31.4 Å². The smallest absolute Gasteiger partial charge is 0.235 e. The molecule has 15 heavy (non-hydrogen) atoms. The topological polar surface area (TPSA) is 38.7 Å². The number of aliphatic imine (C=N–C) groups is 1. The molecule has 2 aliphatic rings. The molecule has 0 atom stereocenters. The lowest BCUT2D eigenvalue weighted by Gasteiger charge is -2.10. The third-order valence-corrected chi connectivity index (χ3v) is 4.50. The van der Waals surface area contributed by atoms with Gasteiger partial charge in [-0.2, -0.15) is 4.99 Å². The van der Waals surface area contributed by atoms with Crippen molar-refractivity contribution in [2.75, 3.05) is 6.61 Å². The molecule has 78 valence electrons. The molecule has 3 nitrogen and oxygen atoms in total. The van der Waals surface area contributed by atoms with Crippen LogP contribution in [0.3, 0.4) is 0 Å². The predicted octanol–water partition coefficient (Wildman–Crippen LogP) is 2.15. The molecule has 0 radical (unpaired) electrons. The van der Waals surface area contributed by atoms with Crippen molar-refractivity contribution >= 4 is 17.4 Å². The molecule has 4 heteroatoms. The summed E-state index contributed by atoms with van der Waals surface area (Å²) >= 11 is 1.79. The van der Waals surface area contributed by atoms with Crippen LogP contribution in [0.15, 0.2) is 11.1 Å². The zero-order valence-electron chi connectivity index (χ0n) is 8.28. The van der Waals surface area contributed by atoms with Gasteiger partial charge in [-0.3, -0.25) is 0 Å². The van der Waals surface area contributed by atoms with Gasteiger partial charge in [0.1, 0.15) is 5.54 Å². The van der Waals surface area contributed by atoms with Crippen LogP contribution in [0.2, 0.25) is 0 Å². The van der Waals surface area contributed by atoms with Crippen LogP contribution in [0.5, 0.6) is 0 Å². The fraction of sp³-hybridized carbons (Fsp3) is 0.545. The van der Waals surface area contributed by atoms with E-state index in [9.17, 15) is 4.79 Å². The van der Waals surface area contributed by atoms with Gasteiger partial charge >= 0.3 is 0 Å². The lowest BCUT2D eigenvalue weighted by atomic mass is 10.1. The Morgan fingerprint density at radius 2 is 2.40 bits per heavy atom. The third-order valence-electron chi connectivity index (χ3n) is 3.07. The maximum absolute atomic E-state index is 10.4. The fourth-order valence-corrected chi connectivity index (χ4v) is 3.34. The Morgan fingerprint density at radius 1 is 1.53 bits per heavy atom. The number of fused-ring (bicyclic) bond motifs is 1. The Labute approximate surface area is 91.8 Å². The van der Waals surface area contributed by atoms with Crippen LogP contribution in [0, 0.1) is 0 Å². The Balaban J connectivity index is 1.99. The minimum atomic E-state index is -0.205. The number of carbonyl (C=O) groups excluding carboxylic acids is 1. The first-order chi connectivity index (χ1) is 7.34. The first-order valence-electron chi connectivity index (χ1n) is 5.13. The van der Waals surface area contributed by atoms with Crippen LogP contribution in [0.25, 0.3) is 0 Å². The molecule has 0 saturated heterocycles. The van der Waals surface area contributed by atoms with Gasteiger partial charge in [-0.05, 0) is 24.5 Å². The molecule has 3 rings (SSSR count). The molecule has 0 bridgehead atoms. The molecular weight excluding hydrogens is 210 g/mol. The number of isocyanates is 1. The number of rotatable bonds is 2.